The molecule has 1 aromatic heterocycles. The first kappa shape index (κ1) is 28.0. The lowest BCUT2D eigenvalue weighted by Crippen LogP contribution is -2.48. The van der Waals surface area contributed by atoms with E-state index in [9.17, 15) is 14.0 Å². The van der Waals surface area contributed by atoms with E-state index in [2.05, 4.69) is 32.2 Å². The highest BCUT2D eigenvalue weighted by molar-refractivity contribution is 5.76. The molecule has 5 rings (SSSR count). The topological polar surface area (TPSA) is 101 Å². The van der Waals surface area contributed by atoms with E-state index in [0.29, 0.717) is 35.7 Å². The maximum absolute atomic E-state index is 13.4. The zero-order valence-corrected chi connectivity index (χ0v) is 22.9. The van der Waals surface area contributed by atoms with E-state index in [-0.39, 0.29) is 48.3 Å². The van der Waals surface area contributed by atoms with Gasteiger partial charge in [0, 0.05) is 51.1 Å². The summed E-state index contributed by atoms with van der Waals surface area (Å²) in [7, 11) is 1.51. The number of nitrogens with zero attached hydrogens (tertiary/aromatic N) is 4. The van der Waals surface area contributed by atoms with Gasteiger partial charge in [-0.15, -0.1) is 10.2 Å². The highest BCUT2D eigenvalue weighted by atomic mass is 19.1. The molecule has 41 heavy (non-hydrogen) atoms. The van der Waals surface area contributed by atoms with Gasteiger partial charge in [0.15, 0.2) is 17.3 Å². The monoisotopic (exact) mass is 557 g/mol. The van der Waals surface area contributed by atoms with Crippen LogP contribution in [0.2, 0.25) is 0 Å². The molecular formula is C31H32FN5O4. The van der Waals surface area contributed by atoms with Crippen molar-refractivity contribution in [3.8, 4) is 22.9 Å². The minimum atomic E-state index is -0.388. The highest BCUT2D eigenvalue weighted by Crippen LogP contribution is 2.31. The van der Waals surface area contributed by atoms with E-state index >= 15 is 0 Å². The molecule has 0 unspecified atom stereocenters. The van der Waals surface area contributed by atoms with E-state index in [4.69, 9.17) is 9.47 Å². The maximum atomic E-state index is 13.4. The summed E-state index contributed by atoms with van der Waals surface area (Å²) in [6.45, 7) is 3.99. The van der Waals surface area contributed by atoms with E-state index < -0.39 is 0 Å². The number of aromatic amines is 1. The fraction of sp³-hybridized carbons (Fsp3) is 0.290. The number of aromatic nitrogens is 3. The molecule has 1 aliphatic heterocycles. The van der Waals surface area contributed by atoms with Crippen molar-refractivity contribution in [2.75, 3.05) is 33.3 Å². The van der Waals surface area contributed by atoms with Gasteiger partial charge in [-0.2, -0.15) is 0 Å². The number of H-pyrrole nitrogens is 1. The Balaban J connectivity index is 1.15. The van der Waals surface area contributed by atoms with Gasteiger partial charge in [0.25, 0.3) is 5.56 Å². The van der Waals surface area contributed by atoms with Gasteiger partial charge in [-0.3, -0.25) is 14.5 Å². The lowest BCUT2D eigenvalue weighted by Gasteiger charge is -2.34. The minimum absolute atomic E-state index is 0.00760. The number of aryl methyl sites for hydroxylation is 1. The van der Waals surface area contributed by atoms with E-state index in [1.807, 2.05) is 23.1 Å². The number of carbonyl (C=O) groups excluding carboxylic acids is 1. The molecule has 3 aromatic carbocycles. The predicted molar refractivity (Wildman–Crippen MR) is 152 cm³/mol. The molecule has 0 saturated carbocycles. The lowest BCUT2D eigenvalue weighted by molar-refractivity contribution is -0.133. The van der Waals surface area contributed by atoms with Gasteiger partial charge in [0.2, 0.25) is 5.91 Å². The molecule has 0 aliphatic carbocycles. The number of hydrogen-bond acceptors (Lipinski definition) is 7. The first-order chi connectivity index (χ1) is 20.0. The quantitative estimate of drug-likeness (QED) is 0.316. The summed E-state index contributed by atoms with van der Waals surface area (Å²) < 4.78 is 24.7. The Morgan fingerprint density at radius 1 is 0.927 bits per heavy atom. The molecule has 2 heterocycles. The zero-order valence-electron chi connectivity index (χ0n) is 22.9. The number of amides is 1. The average molecular weight is 558 g/mol. The van der Waals surface area contributed by atoms with Gasteiger partial charge in [-0.05, 0) is 41.5 Å². The first-order valence-corrected chi connectivity index (χ1v) is 13.5. The van der Waals surface area contributed by atoms with Gasteiger partial charge < -0.3 is 19.4 Å². The van der Waals surface area contributed by atoms with E-state index in [1.54, 1.807) is 30.3 Å². The smallest absolute Gasteiger partial charge is 0.273 e. The number of nitrogens with one attached hydrogen (secondary N) is 1. The Bertz CT molecular complexity index is 1540. The van der Waals surface area contributed by atoms with Crippen molar-refractivity contribution in [1.82, 2.24) is 25.0 Å². The van der Waals surface area contributed by atoms with Crippen LogP contribution in [0.25, 0.3) is 11.4 Å². The fourth-order valence-corrected chi connectivity index (χ4v) is 4.76. The summed E-state index contributed by atoms with van der Waals surface area (Å²) in [5.74, 6) is 0.843. The number of carbonyl (C=O) groups is 1. The van der Waals surface area contributed by atoms with Crippen molar-refractivity contribution in [1.29, 1.82) is 0 Å². The fourth-order valence-electron chi connectivity index (χ4n) is 4.76. The third kappa shape index (κ3) is 7.34. The van der Waals surface area contributed by atoms with Crippen molar-refractivity contribution in [2.24, 2.45) is 0 Å². The molecule has 1 amide bonds. The van der Waals surface area contributed by atoms with Gasteiger partial charge in [0.1, 0.15) is 18.1 Å². The molecule has 1 aliphatic rings. The van der Waals surface area contributed by atoms with Gasteiger partial charge in [-0.25, -0.2) is 4.39 Å². The molecule has 1 fully saturated rings. The first-order valence-electron chi connectivity index (χ1n) is 13.5. The molecule has 9 nitrogen and oxygen atoms in total. The molecule has 10 heteroatoms. The van der Waals surface area contributed by atoms with Crippen LogP contribution in [0.1, 0.15) is 23.2 Å². The van der Waals surface area contributed by atoms with Gasteiger partial charge in [0.05, 0.1) is 7.11 Å². The number of ether oxygens (including phenoxy) is 2. The Hall–Kier alpha value is -4.57. The molecule has 0 radical (unpaired) electrons. The second kappa shape index (κ2) is 13.2. The summed E-state index contributed by atoms with van der Waals surface area (Å²) >= 11 is 0. The second-order valence-electron chi connectivity index (χ2n) is 9.88. The van der Waals surface area contributed by atoms with Gasteiger partial charge >= 0.3 is 0 Å². The van der Waals surface area contributed by atoms with Crippen LogP contribution in [-0.4, -0.2) is 64.2 Å². The summed E-state index contributed by atoms with van der Waals surface area (Å²) in [4.78, 5) is 32.5. The lowest BCUT2D eigenvalue weighted by atomic mass is 10.1. The third-order valence-electron chi connectivity index (χ3n) is 7.03. The van der Waals surface area contributed by atoms with Crippen molar-refractivity contribution in [3.05, 3.63) is 106 Å². The highest BCUT2D eigenvalue weighted by Gasteiger charge is 2.21. The average Bonchev–Trinajstić information content (AvgIpc) is 3.00. The summed E-state index contributed by atoms with van der Waals surface area (Å²) in [5.41, 5.74) is 2.36. The molecule has 0 bridgehead atoms. The van der Waals surface area contributed by atoms with Crippen molar-refractivity contribution >= 4 is 5.91 Å². The van der Waals surface area contributed by atoms with E-state index in [0.717, 1.165) is 19.6 Å². The van der Waals surface area contributed by atoms with Crippen molar-refractivity contribution < 1.29 is 18.7 Å². The van der Waals surface area contributed by atoms with Crippen molar-refractivity contribution in [2.45, 2.75) is 26.0 Å². The Morgan fingerprint density at radius 3 is 2.44 bits per heavy atom. The second-order valence-corrected chi connectivity index (χ2v) is 9.88. The number of hydrogen-bond donors (Lipinski definition) is 1. The van der Waals surface area contributed by atoms with Crippen LogP contribution >= 0.6 is 0 Å². The van der Waals surface area contributed by atoms with Gasteiger partial charge in [-0.1, -0.05) is 42.5 Å². The normalized spacial score (nSPS) is 13.7. The molecule has 1 N–H and O–H groups in total. The number of methoxy groups -OCH3 is 1. The Morgan fingerprint density at radius 2 is 1.71 bits per heavy atom. The number of rotatable bonds is 10. The summed E-state index contributed by atoms with van der Waals surface area (Å²) in [6, 6.07) is 21.6. The Kier molecular flexibility index (Phi) is 9.00. The molecule has 0 atom stereocenters. The maximum Gasteiger partial charge on any atom is 0.273 e. The van der Waals surface area contributed by atoms with Crippen LogP contribution in [0.5, 0.6) is 11.5 Å². The minimum Gasteiger partial charge on any atom is -0.493 e. The van der Waals surface area contributed by atoms with E-state index in [1.165, 1.54) is 24.8 Å². The van der Waals surface area contributed by atoms with Crippen LogP contribution in [0.3, 0.4) is 0 Å². The van der Waals surface area contributed by atoms with Crippen LogP contribution < -0.4 is 15.0 Å². The third-order valence-corrected chi connectivity index (χ3v) is 7.03. The largest absolute Gasteiger partial charge is 0.493 e. The number of benzene rings is 3. The molecule has 1 saturated heterocycles. The molecule has 4 aromatic rings. The van der Waals surface area contributed by atoms with Crippen LogP contribution in [0.4, 0.5) is 4.39 Å². The predicted octanol–water partition coefficient (Wildman–Crippen LogP) is 3.84. The zero-order chi connectivity index (χ0) is 28.6. The molecule has 0 spiro atoms. The molecular weight excluding hydrogens is 525 g/mol. The Labute approximate surface area is 237 Å². The van der Waals surface area contributed by atoms with Crippen molar-refractivity contribution in [3.63, 3.8) is 0 Å². The summed E-state index contributed by atoms with van der Waals surface area (Å²) in [6.07, 6.45) is 0.406. The van der Waals surface area contributed by atoms with Crippen LogP contribution in [0.15, 0.2) is 77.6 Å². The van der Waals surface area contributed by atoms with Crippen LogP contribution in [-0.2, 0) is 24.4 Å². The molecule has 212 valence electrons. The summed E-state index contributed by atoms with van der Waals surface area (Å²) in [5, 5.41) is 8.30. The standard InChI is InChI=1S/C31H32FN5O4/c1-40-28-19-24(10-12-27(28)41-21-23-8-5-9-25(32)18-23)30-33-31(39)26(34-35-30)11-13-29(38)37-16-14-36(15-17-37)20-22-6-3-2-4-7-22/h2-10,12,18-19H,11,13-17,20-21H2,1H3,(H,33,35,39). The number of halogens is 1. The SMILES string of the molecule is COc1cc(-c2nnc(CCC(=O)N3CCN(Cc4ccccc4)CC3)c(=O)[nH]2)ccc1OCc1cccc(F)c1. The van der Waals surface area contributed by atoms with Crippen LogP contribution in [0, 0.1) is 5.82 Å². The number of piperazine rings is 1.